The van der Waals surface area contributed by atoms with Gasteiger partial charge in [0.25, 0.3) is 0 Å². The number of hydrogen-bond acceptors (Lipinski definition) is 3. The molecule has 2 aromatic carbocycles. The molecule has 0 aliphatic heterocycles. The number of unbranched alkanes of at least 4 members (excludes halogenated alkanes) is 2. The largest absolute Gasteiger partial charge is 0.494 e. The van der Waals surface area contributed by atoms with Crippen molar-refractivity contribution in [2.75, 3.05) is 6.61 Å². The number of nitrogens with zero attached hydrogens (tertiary/aromatic N) is 2. The summed E-state index contributed by atoms with van der Waals surface area (Å²) in [5, 5.41) is 0. The first-order valence-electron chi connectivity index (χ1n) is 8.75. The highest BCUT2D eigenvalue weighted by atomic mass is 16.5. The summed E-state index contributed by atoms with van der Waals surface area (Å²) < 4.78 is 13.7. The van der Waals surface area contributed by atoms with E-state index in [9.17, 15) is 0 Å². The lowest BCUT2D eigenvalue weighted by Crippen LogP contribution is -2.00. The van der Waals surface area contributed by atoms with Gasteiger partial charge in [-0.1, -0.05) is 30.3 Å². The van der Waals surface area contributed by atoms with Gasteiger partial charge in [0.1, 0.15) is 18.1 Å². The molecule has 0 bridgehead atoms. The first-order chi connectivity index (χ1) is 12.4. The zero-order valence-corrected chi connectivity index (χ0v) is 14.4. The maximum Gasteiger partial charge on any atom is 0.120 e. The first kappa shape index (κ1) is 17.1. The van der Waals surface area contributed by atoms with Crippen LogP contribution in [0.2, 0.25) is 0 Å². The average molecular weight is 336 g/mol. The van der Waals surface area contributed by atoms with Crippen LogP contribution in [0.15, 0.2) is 73.3 Å². The molecule has 0 fully saturated rings. The molecular formula is C21H24N2O2. The van der Waals surface area contributed by atoms with Crippen molar-refractivity contribution in [2.45, 2.75) is 32.4 Å². The third-order valence-corrected chi connectivity index (χ3v) is 3.96. The molecule has 0 unspecified atom stereocenters. The van der Waals surface area contributed by atoms with Crippen molar-refractivity contribution >= 4 is 0 Å². The van der Waals surface area contributed by atoms with E-state index in [2.05, 4.69) is 21.7 Å². The Balaban J connectivity index is 1.31. The van der Waals surface area contributed by atoms with Gasteiger partial charge in [-0.25, -0.2) is 4.98 Å². The van der Waals surface area contributed by atoms with Gasteiger partial charge in [0.15, 0.2) is 0 Å². The summed E-state index contributed by atoms with van der Waals surface area (Å²) >= 11 is 0. The van der Waals surface area contributed by atoms with E-state index in [0.717, 1.165) is 43.9 Å². The molecule has 25 heavy (non-hydrogen) atoms. The van der Waals surface area contributed by atoms with Crippen molar-refractivity contribution in [1.29, 1.82) is 0 Å². The fraction of sp³-hybridized carbons (Fsp3) is 0.286. The number of rotatable bonds is 10. The molecule has 3 aromatic rings. The number of imidazole rings is 1. The minimum atomic E-state index is 0.581. The second kappa shape index (κ2) is 9.52. The smallest absolute Gasteiger partial charge is 0.120 e. The Kier molecular flexibility index (Phi) is 6.51. The number of hydrogen-bond donors (Lipinski definition) is 0. The maximum absolute atomic E-state index is 5.79. The van der Waals surface area contributed by atoms with E-state index in [1.165, 1.54) is 5.56 Å². The Morgan fingerprint density at radius 1 is 0.800 bits per heavy atom. The molecule has 0 N–H and O–H groups in total. The highest BCUT2D eigenvalue weighted by Gasteiger charge is 1.98. The van der Waals surface area contributed by atoms with Crippen LogP contribution in [0, 0.1) is 0 Å². The topological polar surface area (TPSA) is 36.3 Å². The maximum atomic E-state index is 5.79. The minimum Gasteiger partial charge on any atom is -0.494 e. The Labute approximate surface area is 149 Å². The average Bonchev–Trinajstić information content (AvgIpc) is 3.18. The molecule has 0 aliphatic rings. The van der Waals surface area contributed by atoms with Crippen LogP contribution in [0.25, 0.3) is 0 Å². The monoisotopic (exact) mass is 336 g/mol. The van der Waals surface area contributed by atoms with Crippen molar-refractivity contribution in [2.24, 2.45) is 0 Å². The highest BCUT2D eigenvalue weighted by Crippen LogP contribution is 2.19. The lowest BCUT2D eigenvalue weighted by molar-refractivity contribution is 0.296. The van der Waals surface area contributed by atoms with Gasteiger partial charge in [0.05, 0.1) is 12.9 Å². The molecule has 130 valence electrons. The SMILES string of the molecule is c1ccc(COc2ccc(OCCCCCn3ccnc3)cc2)cc1. The van der Waals surface area contributed by atoms with E-state index in [0.29, 0.717) is 6.61 Å². The molecule has 0 saturated heterocycles. The van der Waals surface area contributed by atoms with Gasteiger partial charge in [0, 0.05) is 18.9 Å². The summed E-state index contributed by atoms with van der Waals surface area (Å²) in [6.07, 6.45) is 9.02. The lowest BCUT2D eigenvalue weighted by Gasteiger charge is -2.09. The molecule has 0 radical (unpaired) electrons. The van der Waals surface area contributed by atoms with Gasteiger partial charge < -0.3 is 14.0 Å². The second-order valence-electron chi connectivity index (χ2n) is 5.96. The Morgan fingerprint density at radius 3 is 2.28 bits per heavy atom. The van der Waals surface area contributed by atoms with Crippen LogP contribution in [-0.2, 0) is 13.2 Å². The fourth-order valence-corrected chi connectivity index (χ4v) is 2.56. The minimum absolute atomic E-state index is 0.581. The van der Waals surface area contributed by atoms with E-state index >= 15 is 0 Å². The molecule has 0 amide bonds. The summed E-state index contributed by atoms with van der Waals surface area (Å²) in [4.78, 5) is 4.04. The fourth-order valence-electron chi connectivity index (χ4n) is 2.56. The van der Waals surface area contributed by atoms with Crippen molar-refractivity contribution in [3.05, 3.63) is 78.9 Å². The lowest BCUT2D eigenvalue weighted by atomic mass is 10.2. The van der Waals surface area contributed by atoms with Crippen molar-refractivity contribution in [1.82, 2.24) is 9.55 Å². The van der Waals surface area contributed by atoms with E-state index in [-0.39, 0.29) is 0 Å². The summed E-state index contributed by atoms with van der Waals surface area (Å²) in [5.41, 5.74) is 1.17. The number of aromatic nitrogens is 2. The quantitative estimate of drug-likeness (QED) is 0.503. The predicted molar refractivity (Wildman–Crippen MR) is 98.8 cm³/mol. The molecule has 4 nitrogen and oxygen atoms in total. The molecule has 4 heteroatoms. The Bertz CT molecular complexity index is 709. The predicted octanol–water partition coefficient (Wildman–Crippen LogP) is 4.71. The van der Waals surface area contributed by atoms with Crippen LogP contribution >= 0.6 is 0 Å². The third kappa shape index (κ3) is 5.99. The van der Waals surface area contributed by atoms with E-state index < -0.39 is 0 Å². The number of aryl methyl sites for hydroxylation is 1. The normalized spacial score (nSPS) is 10.6. The zero-order valence-electron chi connectivity index (χ0n) is 14.4. The Morgan fingerprint density at radius 2 is 1.56 bits per heavy atom. The van der Waals surface area contributed by atoms with E-state index in [4.69, 9.17) is 9.47 Å². The van der Waals surface area contributed by atoms with Crippen molar-refractivity contribution in [3.8, 4) is 11.5 Å². The molecule has 1 aromatic heterocycles. The molecule has 0 spiro atoms. The van der Waals surface area contributed by atoms with Crippen LogP contribution in [0.1, 0.15) is 24.8 Å². The summed E-state index contributed by atoms with van der Waals surface area (Å²) in [7, 11) is 0. The number of benzene rings is 2. The van der Waals surface area contributed by atoms with Crippen LogP contribution in [0.5, 0.6) is 11.5 Å². The van der Waals surface area contributed by atoms with Crippen molar-refractivity contribution in [3.63, 3.8) is 0 Å². The van der Waals surface area contributed by atoms with Gasteiger partial charge in [0.2, 0.25) is 0 Å². The molecule has 0 aliphatic carbocycles. The van der Waals surface area contributed by atoms with Crippen LogP contribution in [0.3, 0.4) is 0 Å². The summed E-state index contributed by atoms with van der Waals surface area (Å²) in [5.74, 6) is 1.75. The Hall–Kier alpha value is -2.75. The van der Waals surface area contributed by atoms with E-state index in [1.54, 1.807) is 0 Å². The van der Waals surface area contributed by atoms with Gasteiger partial charge in [-0.3, -0.25) is 0 Å². The van der Waals surface area contributed by atoms with E-state index in [1.807, 2.05) is 61.2 Å². The first-order valence-corrected chi connectivity index (χ1v) is 8.75. The van der Waals surface area contributed by atoms with Crippen molar-refractivity contribution < 1.29 is 9.47 Å². The summed E-state index contributed by atoms with van der Waals surface area (Å²) in [6.45, 7) is 2.35. The molecule has 3 rings (SSSR count). The van der Waals surface area contributed by atoms with Gasteiger partial charge in [-0.2, -0.15) is 0 Å². The van der Waals surface area contributed by atoms with Crippen LogP contribution in [-0.4, -0.2) is 16.2 Å². The molecule has 0 atom stereocenters. The molecule has 0 saturated carbocycles. The second-order valence-corrected chi connectivity index (χ2v) is 5.96. The molecule has 1 heterocycles. The zero-order chi connectivity index (χ0) is 17.2. The van der Waals surface area contributed by atoms with Gasteiger partial charge >= 0.3 is 0 Å². The standard InChI is InChI=1S/C21H24N2O2/c1-3-7-19(8-4-1)17-25-21-11-9-20(10-12-21)24-16-6-2-5-14-23-15-13-22-18-23/h1,3-4,7-13,15,18H,2,5-6,14,16-17H2. The molecular weight excluding hydrogens is 312 g/mol. The van der Waals surface area contributed by atoms with Gasteiger partial charge in [-0.15, -0.1) is 0 Å². The van der Waals surface area contributed by atoms with Crippen LogP contribution < -0.4 is 9.47 Å². The highest BCUT2D eigenvalue weighted by molar-refractivity contribution is 5.31. The van der Waals surface area contributed by atoms with Gasteiger partial charge in [-0.05, 0) is 49.1 Å². The number of ether oxygens (including phenoxy) is 2. The van der Waals surface area contributed by atoms with Crippen LogP contribution in [0.4, 0.5) is 0 Å². The third-order valence-electron chi connectivity index (χ3n) is 3.96. The summed E-state index contributed by atoms with van der Waals surface area (Å²) in [6, 6.07) is 18.0.